The highest BCUT2D eigenvalue weighted by Gasteiger charge is 2.11. The third-order valence-electron chi connectivity index (χ3n) is 2.82. The van der Waals surface area contributed by atoms with Gasteiger partial charge in [0.05, 0.1) is 17.7 Å². The van der Waals surface area contributed by atoms with Crippen LogP contribution in [0.1, 0.15) is 24.1 Å². The number of benzene rings is 2. The Morgan fingerprint density at radius 2 is 1.79 bits per heavy atom. The summed E-state index contributed by atoms with van der Waals surface area (Å²) in [5.74, 6) is -0.917. The zero-order chi connectivity index (χ0) is 13.8. The number of anilines is 1. The van der Waals surface area contributed by atoms with Crippen LogP contribution in [0.25, 0.3) is 0 Å². The highest BCUT2D eigenvalue weighted by atomic mass is 19.1. The molecule has 2 nitrogen and oxygen atoms in total. The Morgan fingerprint density at radius 3 is 2.42 bits per heavy atom. The molecule has 0 aliphatic heterocycles. The molecule has 0 saturated carbocycles. The molecule has 1 unspecified atom stereocenters. The molecule has 0 saturated heterocycles. The Bertz CT molecular complexity index is 615. The lowest BCUT2D eigenvalue weighted by molar-refractivity contribution is 0.577. The van der Waals surface area contributed by atoms with Crippen LogP contribution in [-0.4, -0.2) is 0 Å². The summed E-state index contributed by atoms with van der Waals surface area (Å²) in [7, 11) is 0. The monoisotopic (exact) mass is 258 g/mol. The molecule has 2 rings (SSSR count). The van der Waals surface area contributed by atoms with Crippen LogP contribution in [0.15, 0.2) is 42.5 Å². The molecule has 1 N–H and O–H groups in total. The van der Waals surface area contributed by atoms with Gasteiger partial charge in [0.2, 0.25) is 0 Å². The highest BCUT2D eigenvalue weighted by Crippen LogP contribution is 2.22. The van der Waals surface area contributed by atoms with Crippen molar-refractivity contribution in [2.24, 2.45) is 0 Å². The number of hydrogen-bond donors (Lipinski definition) is 1. The Labute approximate surface area is 110 Å². The SMILES string of the molecule is CC(Nc1ccc(C#N)cc1)c1cc(F)ccc1F. The number of halogens is 2. The minimum atomic E-state index is -0.468. The number of hydrogen-bond acceptors (Lipinski definition) is 2. The molecule has 4 heteroatoms. The summed E-state index contributed by atoms with van der Waals surface area (Å²) in [5.41, 5.74) is 1.56. The molecule has 1 atom stereocenters. The van der Waals surface area contributed by atoms with Crippen LogP contribution >= 0.6 is 0 Å². The van der Waals surface area contributed by atoms with Crippen molar-refractivity contribution in [1.29, 1.82) is 5.26 Å². The lowest BCUT2D eigenvalue weighted by Gasteiger charge is -2.16. The maximum Gasteiger partial charge on any atom is 0.128 e. The van der Waals surface area contributed by atoms with Crippen molar-refractivity contribution in [2.75, 3.05) is 5.32 Å². The molecule has 0 spiro atoms. The van der Waals surface area contributed by atoms with Crippen LogP contribution in [-0.2, 0) is 0 Å². The molecule has 2 aromatic carbocycles. The van der Waals surface area contributed by atoms with Crippen molar-refractivity contribution in [2.45, 2.75) is 13.0 Å². The van der Waals surface area contributed by atoms with E-state index in [1.54, 1.807) is 31.2 Å². The van der Waals surface area contributed by atoms with Gasteiger partial charge in [0.1, 0.15) is 11.6 Å². The first-order valence-electron chi connectivity index (χ1n) is 5.82. The minimum Gasteiger partial charge on any atom is -0.378 e. The van der Waals surface area contributed by atoms with E-state index in [-0.39, 0.29) is 11.6 Å². The Hall–Kier alpha value is -2.41. The van der Waals surface area contributed by atoms with Gasteiger partial charge in [-0.2, -0.15) is 5.26 Å². The normalized spacial score (nSPS) is 11.7. The van der Waals surface area contributed by atoms with Crippen molar-refractivity contribution in [3.8, 4) is 6.07 Å². The van der Waals surface area contributed by atoms with E-state index in [0.29, 0.717) is 5.56 Å². The number of rotatable bonds is 3. The quantitative estimate of drug-likeness (QED) is 0.902. The molecular weight excluding hydrogens is 246 g/mol. The fourth-order valence-corrected chi connectivity index (χ4v) is 1.82. The molecule has 96 valence electrons. The first-order chi connectivity index (χ1) is 9.10. The molecule has 0 heterocycles. The molecule has 0 aromatic heterocycles. The van der Waals surface area contributed by atoms with Gasteiger partial charge in [-0.3, -0.25) is 0 Å². The summed E-state index contributed by atoms with van der Waals surface area (Å²) in [5, 5.41) is 11.8. The Morgan fingerprint density at radius 1 is 1.11 bits per heavy atom. The second-order valence-electron chi connectivity index (χ2n) is 4.22. The topological polar surface area (TPSA) is 35.8 Å². The summed E-state index contributed by atoms with van der Waals surface area (Å²) in [6.45, 7) is 1.75. The minimum absolute atomic E-state index is 0.268. The van der Waals surface area contributed by atoms with Gasteiger partial charge in [0.15, 0.2) is 0 Å². The predicted molar refractivity (Wildman–Crippen MR) is 69.6 cm³/mol. The largest absolute Gasteiger partial charge is 0.378 e. The van der Waals surface area contributed by atoms with Gasteiger partial charge >= 0.3 is 0 Å². The van der Waals surface area contributed by atoms with Crippen LogP contribution in [0.2, 0.25) is 0 Å². The average Bonchev–Trinajstić information content (AvgIpc) is 2.42. The van der Waals surface area contributed by atoms with Crippen LogP contribution in [0.3, 0.4) is 0 Å². The molecule has 0 radical (unpaired) electrons. The summed E-state index contributed by atoms with van der Waals surface area (Å²) in [6, 6.07) is 11.8. The van der Waals surface area contributed by atoms with Crippen LogP contribution in [0.4, 0.5) is 14.5 Å². The third-order valence-corrected chi connectivity index (χ3v) is 2.82. The molecule has 0 fully saturated rings. The first kappa shape index (κ1) is 13.0. The summed E-state index contributed by atoms with van der Waals surface area (Å²) >= 11 is 0. The Kier molecular flexibility index (Phi) is 3.76. The molecule has 2 aromatic rings. The van der Waals surface area contributed by atoms with Crippen molar-refractivity contribution >= 4 is 5.69 Å². The molecule has 19 heavy (non-hydrogen) atoms. The molecule has 0 aliphatic carbocycles. The number of nitrogens with one attached hydrogen (secondary N) is 1. The smallest absolute Gasteiger partial charge is 0.128 e. The van der Waals surface area contributed by atoms with Gasteiger partial charge in [-0.15, -0.1) is 0 Å². The fourth-order valence-electron chi connectivity index (χ4n) is 1.82. The standard InChI is InChI=1S/C15H12F2N2/c1-10(14-8-12(16)4-7-15(14)17)19-13-5-2-11(9-18)3-6-13/h2-8,10,19H,1H3. The molecule has 0 amide bonds. The van der Waals surface area contributed by atoms with Crippen LogP contribution in [0, 0.1) is 23.0 Å². The Balaban J connectivity index is 2.18. The molecule has 0 aliphatic rings. The maximum atomic E-state index is 13.6. The number of nitrogens with zero attached hydrogens (tertiary/aromatic N) is 1. The van der Waals surface area contributed by atoms with E-state index >= 15 is 0 Å². The summed E-state index contributed by atoms with van der Waals surface area (Å²) in [6.07, 6.45) is 0. The molecule has 0 bridgehead atoms. The summed E-state index contributed by atoms with van der Waals surface area (Å²) < 4.78 is 26.7. The van der Waals surface area contributed by atoms with E-state index in [4.69, 9.17) is 5.26 Å². The van der Waals surface area contributed by atoms with Crippen molar-refractivity contribution in [3.05, 3.63) is 65.2 Å². The summed E-state index contributed by atoms with van der Waals surface area (Å²) in [4.78, 5) is 0. The first-order valence-corrected chi connectivity index (χ1v) is 5.82. The highest BCUT2D eigenvalue weighted by molar-refractivity contribution is 5.48. The van der Waals surface area contributed by atoms with Gasteiger partial charge in [0.25, 0.3) is 0 Å². The van der Waals surface area contributed by atoms with E-state index < -0.39 is 11.6 Å². The fraction of sp³-hybridized carbons (Fsp3) is 0.133. The van der Waals surface area contributed by atoms with E-state index in [9.17, 15) is 8.78 Å². The van der Waals surface area contributed by atoms with E-state index in [1.165, 1.54) is 6.07 Å². The molecular formula is C15H12F2N2. The van der Waals surface area contributed by atoms with Crippen LogP contribution < -0.4 is 5.32 Å². The van der Waals surface area contributed by atoms with Crippen molar-refractivity contribution in [3.63, 3.8) is 0 Å². The van der Waals surface area contributed by atoms with Gasteiger partial charge in [-0.25, -0.2) is 8.78 Å². The zero-order valence-corrected chi connectivity index (χ0v) is 10.3. The number of nitriles is 1. The maximum absolute atomic E-state index is 13.6. The lowest BCUT2D eigenvalue weighted by atomic mass is 10.1. The average molecular weight is 258 g/mol. The second kappa shape index (κ2) is 5.49. The zero-order valence-electron chi connectivity index (χ0n) is 10.3. The van der Waals surface area contributed by atoms with E-state index in [0.717, 1.165) is 17.8 Å². The lowest BCUT2D eigenvalue weighted by Crippen LogP contribution is -2.09. The van der Waals surface area contributed by atoms with Gasteiger partial charge in [-0.05, 0) is 49.4 Å². The second-order valence-corrected chi connectivity index (χ2v) is 4.22. The van der Waals surface area contributed by atoms with Gasteiger partial charge in [0, 0.05) is 11.3 Å². The van der Waals surface area contributed by atoms with Crippen LogP contribution in [0.5, 0.6) is 0 Å². The van der Waals surface area contributed by atoms with E-state index in [2.05, 4.69) is 5.32 Å². The van der Waals surface area contributed by atoms with Crippen molar-refractivity contribution in [1.82, 2.24) is 0 Å². The predicted octanol–water partition coefficient (Wildman–Crippen LogP) is 4.01. The van der Waals surface area contributed by atoms with Gasteiger partial charge < -0.3 is 5.32 Å². The van der Waals surface area contributed by atoms with E-state index in [1.807, 2.05) is 6.07 Å². The van der Waals surface area contributed by atoms with Crippen molar-refractivity contribution < 1.29 is 8.78 Å². The third kappa shape index (κ3) is 3.08. The van der Waals surface area contributed by atoms with Gasteiger partial charge in [-0.1, -0.05) is 0 Å².